The second kappa shape index (κ2) is 3.53. The highest BCUT2D eigenvalue weighted by Crippen LogP contribution is 2.30. The van der Waals surface area contributed by atoms with E-state index in [1.807, 2.05) is 6.92 Å². The molecule has 15 heavy (non-hydrogen) atoms. The SMILES string of the molecule is CC1CC1NC(=O)c1c(O)cccc1F. The number of benzene rings is 1. The number of phenolic OH excluding ortho intramolecular Hbond substituents is 1. The van der Waals surface area contributed by atoms with Crippen molar-refractivity contribution in [3.05, 3.63) is 29.6 Å². The molecular formula is C11H12FNO2. The fourth-order valence-corrected chi connectivity index (χ4v) is 1.50. The molecule has 3 nitrogen and oxygen atoms in total. The quantitative estimate of drug-likeness (QED) is 0.778. The molecule has 1 aliphatic rings. The molecule has 0 radical (unpaired) electrons. The van der Waals surface area contributed by atoms with Crippen LogP contribution < -0.4 is 5.32 Å². The lowest BCUT2D eigenvalue weighted by molar-refractivity contribution is 0.0942. The Morgan fingerprint density at radius 1 is 1.60 bits per heavy atom. The molecule has 0 saturated heterocycles. The molecular weight excluding hydrogens is 197 g/mol. The molecule has 0 bridgehead atoms. The minimum atomic E-state index is -0.694. The third kappa shape index (κ3) is 1.93. The van der Waals surface area contributed by atoms with Gasteiger partial charge in [0, 0.05) is 6.04 Å². The summed E-state index contributed by atoms with van der Waals surface area (Å²) >= 11 is 0. The summed E-state index contributed by atoms with van der Waals surface area (Å²) in [6, 6.07) is 3.94. The smallest absolute Gasteiger partial charge is 0.258 e. The van der Waals surface area contributed by atoms with Gasteiger partial charge in [-0.25, -0.2) is 4.39 Å². The molecule has 2 N–H and O–H groups in total. The average Bonchev–Trinajstić information content (AvgIpc) is 2.81. The van der Waals surface area contributed by atoms with Crippen molar-refractivity contribution in [3.63, 3.8) is 0 Å². The first kappa shape index (κ1) is 9.96. The predicted molar refractivity (Wildman–Crippen MR) is 53.1 cm³/mol. The van der Waals surface area contributed by atoms with Gasteiger partial charge in [-0.1, -0.05) is 13.0 Å². The van der Waals surface area contributed by atoms with E-state index in [4.69, 9.17) is 0 Å². The lowest BCUT2D eigenvalue weighted by atomic mass is 10.1. The summed E-state index contributed by atoms with van der Waals surface area (Å²) in [6.07, 6.45) is 0.918. The van der Waals surface area contributed by atoms with Crippen molar-refractivity contribution in [3.8, 4) is 5.75 Å². The van der Waals surface area contributed by atoms with Gasteiger partial charge in [-0.15, -0.1) is 0 Å². The first-order valence-electron chi connectivity index (χ1n) is 4.88. The van der Waals surface area contributed by atoms with E-state index in [9.17, 15) is 14.3 Å². The van der Waals surface area contributed by atoms with Gasteiger partial charge in [-0.05, 0) is 24.5 Å². The Balaban J connectivity index is 2.17. The third-order valence-electron chi connectivity index (χ3n) is 2.64. The van der Waals surface area contributed by atoms with Gasteiger partial charge in [0.05, 0.1) is 0 Å². The first-order chi connectivity index (χ1) is 7.09. The van der Waals surface area contributed by atoms with Gasteiger partial charge >= 0.3 is 0 Å². The number of carbonyl (C=O) groups excluding carboxylic acids is 1. The van der Waals surface area contributed by atoms with Gasteiger partial charge in [0.2, 0.25) is 0 Å². The van der Waals surface area contributed by atoms with Crippen LogP contribution in [0.2, 0.25) is 0 Å². The molecule has 0 aromatic heterocycles. The number of halogens is 1. The number of carbonyl (C=O) groups is 1. The molecule has 0 aliphatic heterocycles. The number of hydrogen-bond donors (Lipinski definition) is 2. The molecule has 1 fully saturated rings. The highest BCUT2D eigenvalue weighted by atomic mass is 19.1. The fraction of sp³-hybridized carbons (Fsp3) is 0.364. The van der Waals surface area contributed by atoms with Gasteiger partial charge in [0.1, 0.15) is 17.1 Å². The number of phenols is 1. The molecule has 0 spiro atoms. The molecule has 1 aromatic rings. The normalized spacial score (nSPS) is 23.6. The number of hydrogen-bond acceptors (Lipinski definition) is 2. The molecule has 1 aliphatic carbocycles. The van der Waals surface area contributed by atoms with Crippen LogP contribution >= 0.6 is 0 Å². The van der Waals surface area contributed by atoms with Crippen LogP contribution in [-0.2, 0) is 0 Å². The summed E-state index contributed by atoms with van der Waals surface area (Å²) in [5.74, 6) is -1.11. The first-order valence-corrected chi connectivity index (χ1v) is 4.88. The van der Waals surface area contributed by atoms with Crippen LogP contribution in [0.5, 0.6) is 5.75 Å². The Bertz CT molecular complexity index is 385. The summed E-state index contributed by atoms with van der Waals surface area (Å²) in [4.78, 5) is 11.6. The Hall–Kier alpha value is -1.58. The lowest BCUT2D eigenvalue weighted by Crippen LogP contribution is -2.27. The van der Waals surface area contributed by atoms with Gasteiger partial charge in [-0.2, -0.15) is 0 Å². The molecule has 80 valence electrons. The van der Waals surface area contributed by atoms with Crippen molar-refractivity contribution in [2.24, 2.45) is 5.92 Å². The number of amides is 1. The van der Waals surface area contributed by atoms with Crippen LogP contribution in [0, 0.1) is 11.7 Å². The van der Waals surface area contributed by atoms with Gasteiger partial charge in [0.25, 0.3) is 5.91 Å². The Labute approximate surface area is 86.9 Å². The van der Waals surface area contributed by atoms with Crippen LogP contribution in [-0.4, -0.2) is 17.1 Å². The fourth-order valence-electron chi connectivity index (χ4n) is 1.50. The average molecular weight is 209 g/mol. The van der Waals surface area contributed by atoms with Gasteiger partial charge in [0.15, 0.2) is 0 Å². The number of aromatic hydroxyl groups is 1. The Kier molecular flexibility index (Phi) is 2.34. The van der Waals surface area contributed by atoms with Crippen LogP contribution in [0.4, 0.5) is 4.39 Å². The topological polar surface area (TPSA) is 49.3 Å². The standard InChI is InChI=1S/C11H12FNO2/c1-6-5-8(6)13-11(15)10-7(12)3-2-4-9(10)14/h2-4,6,8,14H,5H2,1H3,(H,13,15). The summed E-state index contributed by atoms with van der Waals surface area (Å²) in [5.41, 5.74) is -0.267. The van der Waals surface area contributed by atoms with Crippen molar-refractivity contribution in [1.82, 2.24) is 5.32 Å². The molecule has 2 rings (SSSR count). The van der Waals surface area contributed by atoms with Gasteiger partial charge in [-0.3, -0.25) is 4.79 Å². The maximum atomic E-state index is 13.2. The molecule has 4 heteroatoms. The molecule has 0 heterocycles. The van der Waals surface area contributed by atoms with E-state index in [1.165, 1.54) is 12.1 Å². The molecule has 1 amide bonds. The van der Waals surface area contributed by atoms with Crippen molar-refractivity contribution in [2.45, 2.75) is 19.4 Å². The lowest BCUT2D eigenvalue weighted by Gasteiger charge is -2.06. The van der Waals surface area contributed by atoms with E-state index in [-0.39, 0.29) is 17.4 Å². The summed E-state index contributed by atoms with van der Waals surface area (Å²) in [6.45, 7) is 2.01. The summed E-state index contributed by atoms with van der Waals surface area (Å²) < 4.78 is 13.2. The van der Waals surface area contributed by atoms with E-state index in [0.29, 0.717) is 5.92 Å². The molecule has 1 aromatic carbocycles. The van der Waals surface area contributed by atoms with E-state index >= 15 is 0 Å². The second-order valence-corrected chi connectivity index (χ2v) is 3.93. The van der Waals surface area contributed by atoms with E-state index in [1.54, 1.807) is 0 Å². The maximum Gasteiger partial charge on any atom is 0.258 e. The zero-order valence-electron chi connectivity index (χ0n) is 8.33. The molecule has 1 saturated carbocycles. The van der Waals surface area contributed by atoms with E-state index in [2.05, 4.69) is 5.32 Å². The Morgan fingerprint density at radius 2 is 2.27 bits per heavy atom. The van der Waals surface area contributed by atoms with Gasteiger partial charge < -0.3 is 10.4 Å². The second-order valence-electron chi connectivity index (χ2n) is 3.93. The third-order valence-corrected chi connectivity index (χ3v) is 2.64. The molecule has 2 atom stereocenters. The minimum absolute atomic E-state index is 0.122. The van der Waals surface area contributed by atoms with Crippen LogP contribution in [0.1, 0.15) is 23.7 Å². The van der Waals surface area contributed by atoms with Crippen molar-refractivity contribution >= 4 is 5.91 Å². The van der Waals surface area contributed by atoms with Crippen molar-refractivity contribution in [2.75, 3.05) is 0 Å². The zero-order valence-corrected chi connectivity index (χ0v) is 8.33. The number of rotatable bonds is 2. The maximum absolute atomic E-state index is 13.2. The highest BCUT2D eigenvalue weighted by Gasteiger charge is 2.34. The zero-order chi connectivity index (χ0) is 11.0. The molecule has 2 unspecified atom stereocenters. The van der Waals surface area contributed by atoms with E-state index < -0.39 is 11.7 Å². The van der Waals surface area contributed by atoms with Crippen LogP contribution in [0.3, 0.4) is 0 Å². The van der Waals surface area contributed by atoms with E-state index in [0.717, 1.165) is 12.5 Å². The van der Waals surface area contributed by atoms with Crippen LogP contribution in [0.25, 0.3) is 0 Å². The predicted octanol–water partition coefficient (Wildman–Crippen LogP) is 1.67. The van der Waals surface area contributed by atoms with Crippen molar-refractivity contribution < 1.29 is 14.3 Å². The largest absolute Gasteiger partial charge is 0.507 e. The van der Waals surface area contributed by atoms with Crippen molar-refractivity contribution in [1.29, 1.82) is 0 Å². The highest BCUT2D eigenvalue weighted by molar-refractivity contribution is 5.97. The number of nitrogens with one attached hydrogen (secondary N) is 1. The Morgan fingerprint density at radius 3 is 2.80 bits per heavy atom. The van der Waals surface area contributed by atoms with Crippen LogP contribution in [0.15, 0.2) is 18.2 Å². The summed E-state index contributed by atoms with van der Waals surface area (Å²) in [7, 11) is 0. The monoisotopic (exact) mass is 209 g/mol. The minimum Gasteiger partial charge on any atom is -0.507 e. The summed E-state index contributed by atoms with van der Waals surface area (Å²) in [5, 5.41) is 12.0.